The van der Waals surface area contributed by atoms with Crippen LogP contribution in [0.4, 0.5) is 5.69 Å². The summed E-state index contributed by atoms with van der Waals surface area (Å²) >= 11 is 0. The van der Waals surface area contributed by atoms with Crippen LogP contribution in [0.2, 0.25) is 0 Å². The topological polar surface area (TPSA) is 61.8 Å². The minimum atomic E-state index is -0.442. The van der Waals surface area contributed by atoms with Crippen molar-refractivity contribution in [2.75, 3.05) is 18.6 Å². The number of rotatable bonds is 3. The molecule has 0 fully saturated rings. The third-order valence-corrected chi connectivity index (χ3v) is 3.79. The number of fused-ring (bicyclic) bond motifs is 1. The number of para-hydroxylation sites is 1. The van der Waals surface area contributed by atoms with E-state index in [-0.39, 0.29) is 11.7 Å². The summed E-state index contributed by atoms with van der Waals surface area (Å²) in [6, 6.07) is 12.5. The number of aromatic hydroxyl groups is 1. The lowest BCUT2D eigenvalue weighted by atomic mass is 10.0. The maximum atomic E-state index is 12.3. The molecule has 0 saturated carbocycles. The summed E-state index contributed by atoms with van der Waals surface area (Å²) in [5.74, 6) is 0.636. The van der Waals surface area contributed by atoms with Crippen molar-refractivity contribution in [3.8, 4) is 11.5 Å². The number of nitrogens with one attached hydrogen (secondary N) is 1. The molecule has 1 heterocycles. The van der Waals surface area contributed by atoms with E-state index >= 15 is 0 Å². The van der Waals surface area contributed by atoms with Crippen LogP contribution in [0.1, 0.15) is 29.0 Å². The number of ether oxygens (including phenoxy) is 1. The molecule has 1 unspecified atom stereocenters. The largest absolute Gasteiger partial charge is 0.508 e. The Morgan fingerprint density at radius 1 is 1.27 bits per heavy atom. The van der Waals surface area contributed by atoms with Gasteiger partial charge in [-0.25, -0.2) is 0 Å². The summed E-state index contributed by atoms with van der Waals surface area (Å²) in [5.41, 5.74) is 2.07. The Morgan fingerprint density at radius 3 is 2.82 bits per heavy atom. The highest BCUT2D eigenvalue weighted by Gasteiger charge is 2.30. The fourth-order valence-corrected chi connectivity index (χ4v) is 2.71. The van der Waals surface area contributed by atoms with Gasteiger partial charge in [-0.2, -0.15) is 0 Å². The summed E-state index contributed by atoms with van der Waals surface area (Å²) in [6.45, 7) is 2.44. The van der Waals surface area contributed by atoms with Crippen molar-refractivity contribution in [1.29, 1.82) is 0 Å². The number of phenols is 1. The van der Waals surface area contributed by atoms with Gasteiger partial charge in [-0.1, -0.05) is 12.1 Å². The van der Waals surface area contributed by atoms with Gasteiger partial charge in [0.2, 0.25) is 0 Å². The molecule has 0 aromatic heterocycles. The van der Waals surface area contributed by atoms with Gasteiger partial charge in [0.05, 0.1) is 17.9 Å². The van der Waals surface area contributed by atoms with E-state index in [2.05, 4.69) is 5.32 Å². The van der Waals surface area contributed by atoms with Crippen LogP contribution in [0.3, 0.4) is 0 Å². The molecule has 2 aromatic carbocycles. The van der Waals surface area contributed by atoms with Gasteiger partial charge in [0, 0.05) is 12.6 Å². The Morgan fingerprint density at radius 2 is 2.05 bits per heavy atom. The zero-order chi connectivity index (χ0) is 15.7. The Hall–Kier alpha value is -2.69. The quantitative estimate of drug-likeness (QED) is 0.914. The van der Waals surface area contributed by atoms with Crippen LogP contribution in [-0.4, -0.2) is 24.7 Å². The molecule has 1 amide bonds. The molecule has 5 nitrogen and oxygen atoms in total. The number of carbonyl (C=O) groups is 1. The average molecular weight is 298 g/mol. The molecular weight excluding hydrogens is 280 g/mol. The first-order valence-electron chi connectivity index (χ1n) is 7.20. The second-order valence-corrected chi connectivity index (χ2v) is 5.16. The van der Waals surface area contributed by atoms with Gasteiger partial charge in [0.1, 0.15) is 17.7 Å². The van der Waals surface area contributed by atoms with Crippen molar-refractivity contribution in [1.82, 2.24) is 5.32 Å². The summed E-state index contributed by atoms with van der Waals surface area (Å²) < 4.78 is 5.48. The van der Waals surface area contributed by atoms with Gasteiger partial charge >= 0.3 is 0 Å². The molecule has 1 aliphatic heterocycles. The molecule has 1 atom stereocenters. The molecule has 0 radical (unpaired) electrons. The van der Waals surface area contributed by atoms with E-state index in [0.29, 0.717) is 23.5 Å². The summed E-state index contributed by atoms with van der Waals surface area (Å²) in [4.78, 5) is 14.2. The molecule has 2 N–H and O–H groups in total. The monoisotopic (exact) mass is 298 g/mol. The number of carbonyl (C=O) groups excluding carboxylic acids is 1. The number of benzene rings is 2. The highest BCUT2D eigenvalue weighted by molar-refractivity contribution is 6.02. The first-order chi connectivity index (χ1) is 10.6. The number of phenolic OH excluding ortho intramolecular Hbond substituents is 1. The average Bonchev–Trinajstić information content (AvgIpc) is 2.53. The molecule has 114 valence electrons. The summed E-state index contributed by atoms with van der Waals surface area (Å²) in [7, 11) is 1.88. The molecule has 0 bridgehead atoms. The van der Waals surface area contributed by atoms with E-state index in [1.807, 2.05) is 37.1 Å². The maximum Gasteiger partial charge on any atom is 0.255 e. The Labute approximate surface area is 129 Å². The highest BCUT2D eigenvalue weighted by atomic mass is 16.5. The Balaban J connectivity index is 2.03. The Bertz CT molecular complexity index is 715. The number of nitrogens with zero attached hydrogens (tertiary/aromatic N) is 1. The van der Waals surface area contributed by atoms with Gasteiger partial charge in [-0.15, -0.1) is 0 Å². The smallest absolute Gasteiger partial charge is 0.255 e. The lowest BCUT2D eigenvalue weighted by Crippen LogP contribution is -2.44. The molecule has 2 aromatic rings. The van der Waals surface area contributed by atoms with Gasteiger partial charge in [-0.05, 0) is 37.3 Å². The maximum absolute atomic E-state index is 12.3. The van der Waals surface area contributed by atoms with E-state index in [0.717, 1.165) is 5.69 Å². The van der Waals surface area contributed by atoms with Crippen LogP contribution in [0.15, 0.2) is 42.5 Å². The van der Waals surface area contributed by atoms with Crippen molar-refractivity contribution in [3.63, 3.8) is 0 Å². The van der Waals surface area contributed by atoms with E-state index in [4.69, 9.17) is 4.74 Å². The minimum Gasteiger partial charge on any atom is -0.508 e. The van der Waals surface area contributed by atoms with Gasteiger partial charge in [0.25, 0.3) is 5.91 Å². The van der Waals surface area contributed by atoms with Crippen molar-refractivity contribution < 1.29 is 14.6 Å². The molecule has 0 spiro atoms. The standard InChI is InChI=1S/C17H18N2O3/c1-3-22-11-8-9-15(20)13(10-11)16-18-17(21)12-6-4-5-7-14(12)19(16)2/h4-10,16,20H,3H2,1-2H3,(H,18,21). The van der Waals surface area contributed by atoms with Crippen LogP contribution in [0, 0.1) is 0 Å². The van der Waals surface area contributed by atoms with Crippen LogP contribution >= 0.6 is 0 Å². The highest BCUT2D eigenvalue weighted by Crippen LogP contribution is 2.36. The van der Waals surface area contributed by atoms with Crippen molar-refractivity contribution in [2.24, 2.45) is 0 Å². The van der Waals surface area contributed by atoms with Crippen molar-refractivity contribution in [3.05, 3.63) is 53.6 Å². The SMILES string of the molecule is CCOc1ccc(O)c(C2NC(=O)c3ccccc3N2C)c1. The molecule has 1 aliphatic rings. The molecule has 0 saturated heterocycles. The number of anilines is 1. The number of amides is 1. The first kappa shape index (κ1) is 14.3. The van der Waals surface area contributed by atoms with Gasteiger partial charge < -0.3 is 20.1 Å². The molecule has 22 heavy (non-hydrogen) atoms. The zero-order valence-corrected chi connectivity index (χ0v) is 12.5. The van der Waals surface area contributed by atoms with Crippen molar-refractivity contribution in [2.45, 2.75) is 13.1 Å². The van der Waals surface area contributed by atoms with Crippen LogP contribution < -0.4 is 15.0 Å². The number of hydrogen-bond acceptors (Lipinski definition) is 4. The van der Waals surface area contributed by atoms with E-state index in [9.17, 15) is 9.90 Å². The normalized spacial score (nSPS) is 16.9. The number of hydrogen-bond donors (Lipinski definition) is 2. The zero-order valence-electron chi connectivity index (χ0n) is 12.5. The van der Waals surface area contributed by atoms with Gasteiger partial charge in [0.15, 0.2) is 0 Å². The minimum absolute atomic E-state index is 0.125. The lowest BCUT2D eigenvalue weighted by molar-refractivity contribution is 0.0927. The molecule has 0 aliphatic carbocycles. The van der Waals surface area contributed by atoms with E-state index < -0.39 is 6.17 Å². The molecule has 5 heteroatoms. The van der Waals surface area contributed by atoms with E-state index in [1.165, 1.54) is 0 Å². The molecule has 3 rings (SSSR count). The van der Waals surface area contributed by atoms with Crippen LogP contribution in [-0.2, 0) is 0 Å². The van der Waals surface area contributed by atoms with Crippen LogP contribution in [0.5, 0.6) is 11.5 Å². The summed E-state index contributed by atoms with van der Waals surface area (Å²) in [6.07, 6.45) is -0.442. The fraction of sp³-hybridized carbons (Fsp3) is 0.235. The van der Waals surface area contributed by atoms with Crippen LogP contribution in [0.25, 0.3) is 0 Å². The third-order valence-electron chi connectivity index (χ3n) is 3.79. The lowest BCUT2D eigenvalue weighted by Gasteiger charge is -2.36. The second-order valence-electron chi connectivity index (χ2n) is 5.16. The van der Waals surface area contributed by atoms with Crippen molar-refractivity contribution >= 4 is 11.6 Å². The molecular formula is C17H18N2O3. The second kappa shape index (κ2) is 5.60. The van der Waals surface area contributed by atoms with E-state index in [1.54, 1.807) is 24.3 Å². The predicted molar refractivity (Wildman–Crippen MR) is 84.3 cm³/mol. The summed E-state index contributed by atoms with van der Waals surface area (Å²) in [5, 5.41) is 13.1. The fourth-order valence-electron chi connectivity index (χ4n) is 2.71. The third kappa shape index (κ3) is 2.35. The first-order valence-corrected chi connectivity index (χ1v) is 7.20. The van der Waals surface area contributed by atoms with Gasteiger partial charge in [-0.3, -0.25) is 4.79 Å². The Kier molecular flexibility index (Phi) is 3.63. The predicted octanol–water partition coefficient (Wildman–Crippen LogP) is 2.67.